The van der Waals surface area contributed by atoms with E-state index >= 15 is 0 Å². The van der Waals surface area contributed by atoms with Crippen LogP contribution in [0.3, 0.4) is 0 Å². The van der Waals surface area contributed by atoms with Crippen LogP contribution in [0.2, 0.25) is 0 Å². The van der Waals surface area contributed by atoms with Crippen molar-refractivity contribution in [2.45, 2.75) is 6.54 Å². The Labute approximate surface area is 143 Å². The van der Waals surface area contributed by atoms with Crippen LogP contribution in [0, 0.1) is 5.82 Å². The van der Waals surface area contributed by atoms with Gasteiger partial charge in [0.25, 0.3) is 0 Å². The number of benzene rings is 2. The second-order valence-electron chi connectivity index (χ2n) is 5.53. The van der Waals surface area contributed by atoms with Gasteiger partial charge in [0.15, 0.2) is 0 Å². The van der Waals surface area contributed by atoms with Crippen LogP contribution in [0.4, 0.5) is 10.2 Å². The van der Waals surface area contributed by atoms with Crippen molar-refractivity contribution >= 4 is 27.2 Å². The molecule has 0 fully saturated rings. The zero-order valence-corrected chi connectivity index (χ0v) is 13.7. The fourth-order valence-corrected chi connectivity index (χ4v) is 3.70. The number of aromatic nitrogens is 1. The Hall–Kier alpha value is -2.72. The molecule has 0 spiro atoms. The number of fused-ring (bicyclic) bond motifs is 1. The Kier molecular flexibility index (Phi) is 3.97. The number of pyridine rings is 1. The average Bonchev–Trinajstić information content (AvgIpc) is 3.06. The first kappa shape index (κ1) is 14.8. The summed E-state index contributed by atoms with van der Waals surface area (Å²) in [5.74, 6) is 0.635. The van der Waals surface area contributed by atoms with Crippen molar-refractivity contribution in [1.29, 1.82) is 0 Å². The minimum Gasteiger partial charge on any atom is -0.365 e. The predicted molar refractivity (Wildman–Crippen MR) is 98.8 cm³/mol. The smallest absolute Gasteiger partial charge is 0.135 e. The lowest BCUT2D eigenvalue weighted by molar-refractivity contribution is 0.628. The number of nitrogens with one attached hydrogen (secondary N) is 1. The van der Waals surface area contributed by atoms with E-state index in [1.807, 2.05) is 42.6 Å². The molecule has 4 heteroatoms. The molecule has 0 aliphatic carbocycles. The summed E-state index contributed by atoms with van der Waals surface area (Å²) < 4.78 is 14.4. The molecule has 2 nitrogen and oxygen atoms in total. The predicted octanol–water partition coefficient (Wildman–Crippen LogP) is 5.71. The largest absolute Gasteiger partial charge is 0.365 e. The number of thiophene rings is 1. The molecular formula is C20H15FN2S. The number of anilines is 1. The van der Waals surface area contributed by atoms with Crippen molar-refractivity contribution in [2.75, 3.05) is 5.32 Å². The Morgan fingerprint density at radius 1 is 0.958 bits per heavy atom. The van der Waals surface area contributed by atoms with Gasteiger partial charge in [0, 0.05) is 28.4 Å². The van der Waals surface area contributed by atoms with E-state index in [0.717, 1.165) is 22.3 Å². The Bertz CT molecular complexity index is 962. The molecule has 2 aromatic heterocycles. The lowest BCUT2D eigenvalue weighted by Crippen LogP contribution is -2.01. The molecule has 0 radical (unpaired) electrons. The summed E-state index contributed by atoms with van der Waals surface area (Å²) in [6, 6.07) is 18.9. The van der Waals surface area contributed by atoms with Gasteiger partial charge in [-0.1, -0.05) is 42.5 Å². The minimum absolute atomic E-state index is 0.223. The van der Waals surface area contributed by atoms with Crippen molar-refractivity contribution in [3.63, 3.8) is 0 Å². The van der Waals surface area contributed by atoms with Crippen LogP contribution in [0.15, 0.2) is 72.2 Å². The third-order valence-electron chi connectivity index (χ3n) is 3.94. The van der Waals surface area contributed by atoms with E-state index in [-0.39, 0.29) is 5.82 Å². The maximum atomic E-state index is 13.2. The monoisotopic (exact) mass is 334 g/mol. The number of nitrogens with zero attached hydrogens (tertiary/aromatic N) is 1. The first-order chi connectivity index (χ1) is 11.8. The van der Waals surface area contributed by atoms with Crippen LogP contribution in [0.1, 0.15) is 5.56 Å². The van der Waals surface area contributed by atoms with E-state index in [9.17, 15) is 4.39 Å². The van der Waals surface area contributed by atoms with Crippen LogP contribution in [-0.2, 0) is 6.54 Å². The third-order valence-corrected chi connectivity index (χ3v) is 4.89. The molecule has 4 aromatic rings. The molecule has 0 bridgehead atoms. The highest BCUT2D eigenvalue weighted by Gasteiger charge is 2.12. The first-order valence-corrected chi connectivity index (χ1v) is 8.59. The molecule has 0 saturated heterocycles. The molecular weight excluding hydrogens is 319 g/mol. The molecule has 118 valence electrons. The third kappa shape index (κ3) is 2.88. The van der Waals surface area contributed by atoms with E-state index in [1.54, 1.807) is 11.3 Å². The lowest BCUT2D eigenvalue weighted by Gasteiger charge is -2.09. The van der Waals surface area contributed by atoms with Crippen molar-refractivity contribution < 1.29 is 4.39 Å². The maximum Gasteiger partial charge on any atom is 0.135 e. The van der Waals surface area contributed by atoms with E-state index in [1.165, 1.54) is 22.4 Å². The SMILES string of the molecule is Fc1ccc(-c2csc3ccnc(NCc4ccccc4)c23)cc1. The molecule has 0 aliphatic heterocycles. The lowest BCUT2D eigenvalue weighted by atomic mass is 10.1. The minimum atomic E-state index is -0.223. The number of hydrogen-bond acceptors (Lipinski definition) is 3. The van der Waals surface area contributed by atoms with Crippen LogP contribution in [-0.4, -0.2) is 4.98 Å². The molecule has 0 unspecified atom stereocenters. The van der Waals surface area contributed by atoms with Crippen molar-refractivity contribution in [3.05, 3.63) is 83.6 Å². The van der Waals surface area contributed by atoms with E-state index in [0.29, 0.717) is 6.54 Å². The van der Waals surface area contributed by atoms with Crippen LogP contribution < -0.4 is 5.32 Å². The van der Waals surface area contributed by atoms with Gasteiger partial charge in [-0.25, -0.2) is 9.37 Å². The highest BCUT2D eigenvalue weighted by atomic mass is 32.1. The molecule has 1 N–H and O–H groups in total. The molecule has 24 heavy (non-hydrogen) atoms. The maximum absolute atomic E-state index is 13.2. The van der Waals surface area contributed by atoms with Gasteiger partial charge in [-0.15, -0.1) is 11.3 Å². The summed E-state index contributed by atoms with van der Waals surface area (Å²) >= 11 is 1.68. The topological polar surface area (TPSA) is 24.9 Å². The second-order valence-corrected chi connectivity index (χ2v) is 6.44. The van der Waals surface area contributed by atoms with Gasteiger partial charge in [0.05, 0.1) is 0 Å². The quantitative estimate of drug-likeness (QED) is 0.517. The first-order valence-electron chi connectivity index (χ1n) is 7.71. The summed E-state index contributed by atoms with van der Waals surface area (Å²) in [7, 11) is 0. The zero-order valence-electron chi connectivity index (χ0n) is 12.9. The fraction of sp³-hybridized carbons (Fsp3) is 0.0500. The number of hydrogen-bond donors (Lipinski definition) is 1. The Morgan fingerprint density at radius 3 is 2.54 bits per heavy atom. The van der Waals surface area contributed by atoms with E-state index < -0.39 is 0 Å². The van der Waals surface area contributed by atoms with Crippen molar-refractivity contribution in [3.8, 4) is 11.1 Å². The number of halogens is 1. The van der Waals surface area contributed by atoms with Gasteiger partial charge in [0.1, 0.15) is 11.6 Å². The van der Waals surface area contributed by atoms with Gasteiger partial charge in [-0.2, -0.15) is 0 Å². The van der Waals surface area contributed by atoms with Gasteiger partial charge < -0.3 is 5.32 Å². The number of rotatable bonds is 4. The summed E-state index contributed by atoms with van der Waals surface area (Å²) in [5.41, 5.74) is 3.28. The van der Waals surface area contributed by atoms with E-state index in [4.69, 9.17) is 0 Å². The molecule has 0 aliphatic rings. The highest BCUT2D eigenvalue weighted by molar-refractivity contribution is 7.17. The summed E-state index contributed by atoms with van der Waals surface area (Å²) in [6.07, 6.45) is 1.82. The Morgan fingerprint density at radius 2 is 1.75 bits per heavy atom. The van der Waals surface area contributed by atoms with Gasteiger partial charge in [0.2, 0.25) is 0 Å². The highest BCUT2D eigenvalue weighted by Crippen LogP contribution is 2.37. The van der Waals surface area contributed by atoms with Gasteiger partial charge in [-0.3, -0.25) is 0 Å². The van der Waals surface area contributed by atoms with Crippen LogP contribution in [0.25, 0.3) is 21.2 Å². The van der Waals surface area contributed by atoms with Crippen molar-refractivity contribution in [2.24, 2.45) is 0 Å². The normalized spacial score (nSPS) is 10.9. The molecule has 0 atom stereocenters. The molecule has 2 heterocycles. The molecule has 0 saturated carbocycles. The summed E-state index contributed by atoms with van der Waals surface area (Å²) in [4.78, 5) is 4.52. The Balaban J connectivity index is 1.73. The summed E-state index contributed by atoms with van der Waals surface area (Å²) in [5, 5.41) is 6.63. The molecule has 4 rings (SSSR count). The van der Waals surface area contributed by atoms with Gasteiger partial charge in [-0.05, 0) is 34.7 Å². The summed E-state index contributed by atoms with van der Waals surface area (Å²) in [6.45, 7) is 0.714. The average molecular weight is 334 g/mol. The fourth-order valence-electron chi connectivity index (χ4n) is 2.74. The molecule has 2 aromatic carbocycles. The van der Waals surface area contributed by atoms with Crippen molar-refractivity contribution in [1.82, 2.24) is 4.98 Å². The van der Waals surface area contributed by atoms with Crippen LogP contribution in [0.5, 0.6) is 0 Å². The second kappa shape index (κ2) is 6.42. The van der Waals surface area contributed by atoms with E-state index in [2.05, 4.69) is 27.8 Å². The standard InChI is InChI=1S/C20H15FN2S/c21-16-8-6-15(7-9-16)17-13-24-18-10-11-22-20(19(17)18)23-12-14-4-2-1-3-5-14/h1-11,13H,12H2,(H,22,23). The van der Waals surface area contributed by atoms with Gasteiger partial charge >= 0.3 is 0 Å². The zero-order chi connectivity index (χ0) is 16.4. The molecule has 0 amide bonds. The van der Waals surface area contributed by atoms with Crippen LogP contribution >= 0.6 is 11.3 Å².